The Morgan fingerprint density at radius 2 is 1.97 bits per heavy atom. The van der Waals surface area contributed by atoms with Gasteiger partial charge in [-0.3, -0.25) is 5.43 Å². The van der Waals surface area contributed by atoms with Crippen LogP contribution in [0.4, 0.5) is 10.5 Å². The number of H-pyrrole nitrogens is 1. The van der Waals surface area contributed by atoms with Gasteiger partial charge in [-0.05, 0) is 29.7 Å². The summed E-state index contributed by atoms with van der Waals surface area (Å²) in [4.78, 5) is 29.9. The van der Waals surface area contributed by atoms with Crippen molar-refractivity contribution in [1.29, 1.82) is 5.26 Å². The van der Waals surface area contributed by atoms with Crippen molar-refractivity contribution < 1.29 is 19.1 Å². The van der Waals surface area contributed by atoms with E-state index >= 15 is 0 Å². The zero-order chi connectivity index (χ0) is 23.4. The normalized spacial score (nSPS) is 11.3. The number of aromatic amines is 1. The fourth-order valence-corrected chi connectivity index (χ4v) is 3.27. The van der Waals surface area contributed by atoms with Crippen LogP contribution in [0.25, 0.3) is 11.0 Å². The number of ether oxygens (including phenoxy) is 2. The summed E-state index contributed by atoms with van der Waals surface area (Å²) in [5.41, 5.74) is 9.37. The second kappa shape index (κ2) is 9.55. The molecule has 0 saturated heterocycles. The van der Waals surface area contributed by atoms with Crippen LogP contribution in [0.3, 0.4) is 0 Å². The molecule has 4 N–H and O–H groups in total. The molecule has 1 aromatic carbocycles. The molecule has 0 saturated carbocycles. The van der Waals surface area contributed by atoms with Crippen LogP contribution < -0.4 is 15.9 Å². The number of primary amides is 1. The summed E-state index contributed by atoms with van der Waals surface area (Å²) in [6, 6.07) is 7.82. The third-order valence-corrected chi connectivity index (χ3v) is 4.70. The van der Waals surface area contributed by atoms with Gasteiger partial charge in [-0.2, -0.15) is 10.4 Å². The monoisotopic (exact) mass is 474 g/mol. The van der Waals surface area contributed by atoms with Crippen LogP contribution in [0.15, 0.2) is 35.6 Å². The Hall–Kier alpha value is -3.81. The Balaban J connectivity index is 1.83. The van der Waals surface area contributed by atoms with Gasteiger partial charge in [0, 0.05) is 12.3 Å². The van der Waals surface area contributed by atoms with Crippen molar-refractivity contribution in [3.05, 3.63) is 46.1 Å². The van der Waals surface area contributed by atoms with Crippen LogP contribution in [0.1, 0.15) is 25.3 Å². The number of fused-ring (bicyclic) bond motifs is 1. The van der Waals surface area contributed by atoms with Crippen molar-refractivity contribution in [3.63, 3.8) is 0 Å². The molecule has 0 atom stereocenters. The maximum absolute atomic E-state index is 11.5. The number of nitriles is 1. The van der Waals surface area contributed by atoms with E-state index in [1.807, 2.05) is 12.3 Å². The minimum atomic E-state index is -1.36. The van der Waals surface area contributed by atoms with E-state index in [2.05, 4.69) is 39.1 Å². The highest BCUT2D eigenvalue weighted by atomic mass is 35.5. The highest BCUT2D eigenvalue weighted by Crippen LogP contribution is 2.39. The van der Waals surface area contributed by atoms with Crippen LogP contribution in [-0.2, 0) is 9.53 Å². The second-order valence-corrected chi connectivity index (χ2v) is 7.52. The van der Waals surface area contributed by atoms with Gasteiger partial charge in [0.05, 0.1) is 26.8 Å². The van der Waals surface area contributed by atoms with Crippen LogP contribution >= 0.6 is 23.2 Å². The van der Waals surface area contributed by atoms with Crippen LogP contribution in [0.2, 0.25) is 10.0 Å². The smallest absolute Gasteiger partial charge is 0.412 e. The quantitative estimate of drug-likeness (QED) is 0.202. The third kappa shape index (κ3) is 5.08. The number of benzene rings is 1. The van der Waals surface area contributed by atoms with Gasteiger partial charge in [0.25, 0.3) is 0 Å². The summed E-state index contributed by atoms with van der Waals surface area (Å²) in [6.45, 7) is 4.12. The molecule has 0 radical (unpaired) electrons. The van der Waals surface area contributed by atoms with Crippen molar-refractivity contribution >= 4 is 57.7 Å². The number of halogens is 2. The summed E-state index contributed by atoms with van der Waals surface area (Å²) >= 11 is 12.6. The minimum Gasteiger partial charge on any atom is -0.436 e. The standard InChI is InChI=1S/C20H16Cl2N6O4/c1-9(2)11-8-25-14-3-4-16(26-17(11)14)31-18-12(21)5-10(6-13(18)22)27-28-15(7-23)19(29)32-20(24)30/h3-6,8-9,25,27H,1-2H3,(H2,24,30). The van der Waals surface area contributed by atoms with Gasteiger partial charge in [-0.25, -0.2) is 14.6 Å². The van der Waals surface area contributed by atoms with Gasteiger partial charge < -0.3 is 20.2 Å². The lowest BCUT2D eigenvalue weighted by molar-refractivity contribution is -0.129. The Labute approximate surface area is 191 Å². The molecule has 1 amide bonds. The van der Waals surface area contributed by atoms with Crippen LogP contribution in [0.5, 0.6) is 11.6 Å². The molecule has 32 heavy (non-hydrogen) atoms. The molecule has 0 bridgehead atoms. The van der Waals surface area contributed by atoms with Gasteiger partial charge in [-0.1, -0.05) is 37.0 Å². The molecule has 2 heterocycles. The van der Waals surface area contributed by atoms with Gasteiger partial charge >= 0.3 is 12.1 Å². The van der Waals surface area contributed by atoms with Crippen LogP contribution in [-0.4, -0.2) is 27.7 Å². The lowest BCUT2D eigenvalue weighted by atomic mass is 10.1. The van der Waals surface area contributed by atoms with E-state index in [9.17, 15) is 9.59 Å². The molecule has 3 aromatic rings. The number of nitrogens with zero attached hydrogens (tertiary/aromatic N) is 3. The Kier molecular flexibility index (Phi) is 6.82. The summed E-state index contributed by atoms with van der Waals surface area (Å²) in [5, 5.41) is 12.8. The van der Waals surface area contributed by atoms with E-state index in [-0.39, 0.29) is 27.4 Å². The molecule has 0 aliphatic heterocycles. The number of anilines is 1. The summed E-state index contributed by atoms with van der Waals surface area (Å²) in [7, 11) is 0. The number of carbonyl (C=O) groups is 2. The second-order valence-electron chi connectivity index (χ2n) is 6.71. The molecule has 3 rings (SSSR count). The van der Waals surface area contributed by atoms with E-state index in [4.69, 9.17) is 38.9 Å². The average molecular weight is 475 g/mol. The third-order valence-electron chi connectivity index (χ3n) is 4.14. The first-order valence-corrected chi connectivity index (χ1v) is 9.85. The van der Waals surface area contributed by atoms with Crippen molar-refractivity contribution in [2.75, 3.05) is 5.43 Å². The molecule has 10 nitrogen and oxygen atoms in total. The summed E-state index contributed by atoms with van der Waals surface area (Å²) in [5.74, 6) is -0.590. The maximum Gasteiger partial charge on any atom is 0.412 e. The first kappa shape index (κ1) is 22.9. The zero-order valence-corrected chi connectivity index (χ0v) is 18.3. The molecule has 2 aromatic heterocycles. The Morgan fingerprint density at radius 3 is 2.56 bits per heavy atom. The molecule has 0 unspecified atom stereocenters. The molecule has 0 fully saturated rings. The predicted molar refractivity (Wildman–Crippen MR) is 119 cm³/mol. The highest BCUT2D eigenvalue weighted by molar-refractivity contribution is 6.44. The predicted octanol–water partition coefficient (Wildman–Crippen LogP) is 4.70. The minimum absolute atomic E-state index is 0.119. The molecule has 0 spiro atoms. The number of hydrazone groups is 1. The number of aromatic nitrogens is 2. The van der Waals surface area contributed by atoms with Gasteiger partial charge in [0.2, 0.25) is 11.6 Å². The number of rotatable bonds is 6. The van der Waals surface area contributed by atoms with Crippen molar-refractivity contribution in [2.24, 2.45) is 10.8 Å². The van der Waals surface area contributed by atoms with Gasteiger partial charge in [-0.15, -0.1) is 0 Å². The number of amides is 1. The number of carbonyl (C=O) groups excluding carboxylic acids is 2. The number of nitrogens with two attached hydrogens (primary N) is 1. The molecular formula is C20H16Cl2N6O4. The SMILES string of the molecule is CC(C)c1c[nH]c2ccc(Oc3c(Cl)cc(NN=C(C#N)C(=O)OC(N)=O)cc3Cl)nc12. The molecule has 0 aliphatic rings. The molecule has 0 aliphatic carbocycles. The highest BCUT2D eigenvalue weighted by Gasteiger charge is 2.17. The van der Waals surface area contributed by atoms with E-state index in [0.29, 0.717) is 5.88 Å². The average Bonchev–Trinajstić information content (AvgIpc) is 3.14. The van der Waals surface area contributed by atoms with E-state index in [1.165, 1.54) is 18.2 Å². The van der Waals surface area contributed by atoms with E-state index < -0.39 is 17.8 Å². The Morgan fingerprint density at radius 1 is 1.28 bits per heavy atom. The number of nitrogens with one attached hydrogen (secondary N) is 2. The number of hydrogen-bond donors (Lipinski definition) is 3. The number of hydrogen-bond acceptors (Lipinski definition) is 8. The fourth-order valence-electron chi connectivity index (χ4n) is 2.70. The number of esters is 1. The zero-order valence-electron chi connectivity index (χ0n) is 16.8. The van der Waals surface area contributed by atoms with Crippen molar-refractivity contribution in [2.45, 2.75) is 19.8 Å². The molecular weight excluding hydrogens is 459 g/mol. The molecule has 12 heteroatoms. The Bertz CT molecular complexity index is 1260. The topological polar surface area (TPSA) is 155 Å². The lowest BCUT2D eigenvalue weighted by Gasteiger charge is -2.11. The lowest BCUT2D eigenvalue weighted by Crippen LogP contribution is -2.24. The molecule has 164 valence electrons. The first-order chi connectivity index (χ1) is 15.2. The van der Waals surface area contributed by atoms with E-state index in [0.717, 1.165) is 16.6 Å². The van der Waals surface area contributed by atoms with Crippen molar-refractivity contribution in [1.82, 2.24) is 9.97 Å². The maximum atomic E-state index is 11.5. The fraction of sp³-hybridized carbons (Fsp3) is 0.150. The summed E-state index contributed by atoms with van der Waals surface area (Å²) < 4.78 is 9.90. The van der Waals surface area contributed by atoms with Gasteiger partial charge in [0.1, 0.15) is 6.07 Å². The van der Waals surface area contributed by atoms with Crippen LogP contribution in [0, 0.1) is 11.3 Å². The first-order valence-electron chi connectivity index (χ1n) is 9.10. The van der Waals surface area contributed by atoms with Gasteiger partial charge in [0.15, 0.2) is 5.75 Å². The number of pyridine rings is 1. The van der Waals surface area contributed by atoms with E-state index in [1.54, 1.807) is 6.07 Å². The largest absolute Gasteiger partial charge is 0.436 e. The van der Waals surface area contributed by atoms with Crippen molar-refractivity contribution in [3.8, 4) is 17.7 Å². The summed E-state index contributed by atoms with van der Waals surface area (Å²) in [6.07, 6.45) is 0.541.